The molecule has 0 atom stereocenters. The van der Waals surface area contributed by atoms with Crippen molar-refractivity contribution in [2.45, 2.75) is 26.7 Å². The Balaban J connectivity index is 0.00000288. The van der Waals surface area contributed by atoms with Gasteiger partial charge in [0.25, 0.3) is 0 Å². The molecule has 0 aliphatic heterocycles. The molecule has 24 heavy (non-hydrogen) atoms. The van der Waals surface area contributed by atoms with Gasteiger partial charge in [-0.2, -0.15) is 5.10 Å². The second-order valence-corrected chi connectivity index (χ2v) is 5.37. The summed E-state index contributed by atoms with van der Waals surface area (Å²) in [5.41, 5.74) is 12.9. The first kappa shape index (κ1) is 19.7. The van der Waals surface area contributed by atoms with E-state index in [4.69, 9.17) is 5.73 Å². The number of hydrogen-bond acceptors (Lipinski definition) is 2. The highest BCUT2D eigenvalue weighted by atomic mass is 35.5. The monoisotopic (exact) mass is 344 g/mol. The third-order valence-electron chi connectivity index (χ3n) is 3.54. The van der Waals surface area contributed by atoms with Crippen LogP contribution in [0.1, 0.15) is 32.3 Å². The minimum Gasteiger partial charge on any atom is -0.369 e. The molecule has 0 bridgehead atoms. The lowest BCUT2D eigenvalue weighted by Crippen LogP contribution is -2.28. The van der Waals surface area contributed by atoms with Crippen molar-refractivity contribution in [3.05, 3.63) is 60.2 Å². The van der Waals surface area contributed by atoms with Crippen molar-refractivity contribution in [3.8, 4) is 11.1 Å². The van der Waals surface area contributed by atoms with E-state index in [2.05, 4.69) is 58.8 Å². The normalized spacial score (nSPS) is 11.8. The van der Waals surface area contributed by atoms with Gasteiger partial charge in [-0.15, -0.1) is 12.4 Å². The van der Waals surface area contributed by atoms with Gasteiger partial charge in [0.15, 0.2) is 0 Å². The fourth-order valence-electron chi connectivity index (χ4n) is 2.13. The van der Waals surface area contributed by atoms with E-state index in [0.717, 1.165) is 30.7 Å². The van der Waals surface area contributed by atoms with Gasteiger partial charge in [-0.1, -0.05) is 67.9 Å². The molecule has 0 radical (unpaired) electrons. The van der Waals surface area contributed by atoms with Crippen molar-refractivity contribution in [2.24, 2.45) is 15.8 Å². The fourth-order valence-corrected chi connectivity index (χ4v) is 2.13. The van der Waals surface area contributed by atoms with Crippen LogP contribution in [0.5, 0.6) is 0 Å². The summed E-state index contributed by atoms with van der Waals surface area (Å²) >= 11 is 0. The van der Waals surface area contributed by atoms with E-state index < -0.39 is 0 Å². The quantitative estimate of drug-likeness (QED) is 0.357. The number of hydrogen-bond donors (Lipinski definition) is 2. The van der Waals surface area contributed by atoms with E-state index in [1.54, 1.807) is 0 Å². The number of nitrogens with zero attached hydrogens (tertiary/aromatic N) is 2. The summed E-state index contributed by atoms with van der Waals surface area (Å²) in [4.78, 5) is 4.21. The smallest absolute Gasteiger partial charge is 0.209 e. The molecule has 2 rings (SSSR count). The molecule has 0 aromatic heterocycles. The lowest BCUT2D eigenvalue weighted by Gasteiger charge is -2.05. The summed E-state index contributed by atoms with van der Waals surface area (Å²) in [5, 5.41) is 4.29. The van der Waals surface area contributed by atoms with Crippen LogP contribution in [0.3, 0.4) is 0 Å². The molecule has 0 aliphatic rings. The predicted octanol–water partition coefficient (Wildman–Crippen LogP) is 4.20. The highest BCUT2D eigenvalue weighted by Gasteiger charge is 2.00. The molecule has 0 saturated heterocycles. The fraction of sp³-hybridized carbons (Fsp3) is 0.263. The summed E-state index contributed by atoms with van der Waals surface area (Å²) in [5.74, 6) is 0.360. The first-order chi connectivity index (χ1) is 11.2. The van der Waals surface area contributed by atoms with E-state index >= 15 is 0 Å². The van der Waals surface area contributed by atoms with Crippen LogP contribution in [0.25, 0.3) is 11.1 Å². The van der Waals surface area contributed by atoms with Crippen molar-refractivity contribution in [3.63, 3.8) is 0 Å². The number of halogens is 1. The average molecular weight is 345 g/mol. The largest absolute Gasteiger partial charge is 0.369 e. The molecule has 2 aromatic carbocycles. The van der Waals surface area contributed by atoms with Crippen LogP contribution in [0, 0.1) is 0 Å². The number of aliphatic imine (C=N–C) groups is 1. The van der Waals surface area contributed by atoms with E-state index in [1.807, 2.05) is 25.1 Å². The molecule has 0 heterocycles. The third kappa shape index (κ3) is 6.05. The van der Waals surface area contributed by atoms with Gasteiger partial charge >= 0.3 is 0 Å². The second kappa shape index (κ2) is 10.4. The van der Waals surface area contributed by atoms with Crippen LogP contribution in [0.15, 0.2) is 64.7 Å². The molecule has 0 amide bonds. The molecule has 4 nitrogen and oxygen atoms in total. The zero-order chi connectivity index (χ0) is 16.5. The number of nitrogens with one attached hydrogen (secondary N) is 1. The molecule has 0 aliphatic carbocycles. The van der Waals surface area contributed by atoms with Crippen molar-refractivity contribution in [1.29, 1.82) is 0 Å². The van der Waals surface area contributed by atoms with Crippen molar-refractivity contribution < 1.29 is 0 Å². The summed E-state index contributed by atoms with van der Waals surface area (Å²) < 4.78 is 0. The van der Waals surface area contributed by atoms with Crippen LogP contribution in [0.4, 0.5) is 0 Å². The molecular formula is C19H25ClN4. The Kier molecular flexibility index (Phi) is 8.58. The number of nitrogens with two attached hydrogens (primary N) is 1. The number of rotatable bonds is 6. The van der Waals surface area contributed by atoms with Gasteiger partial charge in [-0.05, 0) is 30.0 Å². The Bertz CT molecular complexity index is 664. The van der Waals surface area contributed by atoms with Crippen LogP contribution in [0.2, 0.25) is 0 Å². The molecular weight excluding hydrogens is 320 g/mol. The van der Waals surface area contributed by atoms with Crippen molar-refractivity contribution >= 4 is 24.1 Å². The van der Waals surface area contributed by atoms with Gasteiger partial charge < -0.3 is 5.73 Å². The topological polar surface area (TPSA) is 62.8 Å². The molecule has 3 N–H and O–H groups in total. The summed E-state index contributed by atoms with van der Waals surface area (Å²) in [7, 11) is 0. The Morgan fingerprint density at radius 1 is 1.00 bits per heavy atom. The SMILES string of the molecule is CCCCN=C(N)N/N=C(\C)c1ccc(-c2ccccc2)cc1.Cl. The zero-order valence-electron chi connectivity index (χ0n) is 14.2. The van der Waals surface area contributed by atoms with Gasteiger partial charge in [0.05, 0.1) is 5.71 Å². The number of unbranched alkanes of at least 4 members (excludes halogenated alkanes) is 1. The predicted molar refractivity (Wildman–Crippen MR) is 106 cm³/mol. The Morgan fingerprint density at radius 2 is 1.62 bits per heavy atom. The third-order valence-corrected chi connectivity index (χ3v) is 3.54. The summed E-state index contributed by atoms with van der Waals surface area (Å²) in [6.07, 6.45) is 2.14. The van der Waals surface area contributed by atoms with E-state index in [-0.39, 0.29) is 12.4 Å². The Morgan fingerprint density at radius 3 is 2.25 bits per heavy atom. The number of benzene rings is 2. The maximum atomic E-state index is 5.77. The summed E-state index contributed by atoms with van der Waals surface area (Å²) in [6, 6.07) is 18.6. The molecule has 2 aromatic rings. The van der Waals surface area contributed by atoms with Crippen LogP contribution in [-0.2, 0) is 0 Å². The maximum absolute atomic E-state index is 5.77. The minimum atomic E-state index is 0. The van der Waals surface area contributed by atoms with Gasteiger partial charge in [0, 0.05) is 6.54 Å². The van der Waals surface area contributed by atoms with E-state index in [9.17, 15) is 0 Å². The summed E-state index contributed by atoms with van der Waals surface area (Å²) in [6.45, 7) is 4.81. The molecule has 0 unspecified atom stereocenters. The standard InChI is InChI=1S/C19H24N4.ClH/c1-3-4-14-21-19(20)23-22-15(2)16-10-12-18(13-11-16)17-8-6-5-7-9-17;/h5-13H,3-4,14H2,1-2H3,(H3,20,21,23);1H/b22-15+;. The maximum Gasteiger partial charge on any atom is 0.209 e. The molecule has 5 heteroatoms. The van der Waals surface area contributed by atoms with Crippen molar-refractivity contribution in [2.75, 3.05) is 6.54 Å². The Labute approximate surface area is 150 Å². The highest BCUT2D eigenvalue weighted by Crippen LogP contribution is 2.19. The molecule has 0 saturated carbocycles. The van der Waals surface area contributed by atoms with Crippen LogP contribution < -0.4 is 11.2 Å². The van der Waals surface area contributed by atoms with Crippen molar-refractivity contribution in [1.82, 2.24) is 5.43 Å². The molecule has 128 valence electrons. The lowest BCUT2D eigenvalue weighted by molar-refractivity contribution is 0.799. The van der Waals surface area contributed by atoms with Crippen LogP contribution in [-0.4, -0.2) is 18.2 Å². The highest BCUT2D eigenvalue weighted by molar-refractivity contribution is 5.99. The van der Waals surface area contributed by atoms with Gasteiger partial charge in [0.1, 0.15) is 0 Å². The second-order valence-electron chi connectivity index (χ2n) is 5.37. The van der Waals surface area contributed by atoms with Gasteiger partial charge in [-0.25, -0.2) is 5.43 Å². The number of guanidine groups is 1. The first-order valence-electron chi connectivity index (χ1n) is 7.96. The molecule has 0 spiro atoms. The minimum absolute atomic E-state index is 0. The van der Waals surface area contributed by atoms with Gasteiger partial charge in [0.2, 0.25) is 5.96 Å². The average Bonchev–Trinajstić information content (AvgIpc) is 2.61. The van der Waals surface area contributed by atoms with Crippen LogP contribution >= 0.6 is 12.4 Å². The molecule has 0 fully saturated rings. The number of hydrazone groups is 1. The Hall–Kier alpha value is -2.33. The first-order valence-corrected chi connectivity index (χ1v) is 7.96. The van der Waals surface area contributed by atoms with Gasteiger partial charge in [-0.3, -0.25) is 4.99 Å². The zero-order valence-corrected chi connectivity index (χ0v) is 15.0. The van der Waals surface area contributed by atoms with E-state index in [1.165, 1.54) is 11.1 Å². The lowest BCUT2D eigenvalue weighted by atomic mass is 10.0. The van der Waals surface area contributed by atoms with E-state index in [0.29, 0.717) is 5.96 Å².